The molecule has 0 aliphatic rings. The zero-order valence-electron chi connectivity index (χ0n) is 20.4. The molecule has 12 N–H and O–H groups in total. The van der Waals surface area contributed by atoms with E-state index in [4.69, 9.17) is 59.5 Å². The number of hydrogen-bond donors (Lipinski definition) is 8. The molecule has 0 heterocycles. The van der Waals surface area contributed by atoms with E-state index >= 15 is 0 Å². The monoisotopic (exact) mass is 586 g/mol. The molecular formula is C22H32Cl2N10O3S. The van der Waals surface area contributed by atoms with Crippen LogP contribution in [0.5, 0.6) is 0 Å². The van der Waals surface area contributed by atoms with Gasteiger partial charge in [0.15, 0.2) is 0 Å². The van der Waals surface area contributed by atoms with Gasteiger partial charge in [-0.05, 0) is 61.4 Å². The van der Waals surface area contributed by atoms with E-state index < -0.39 is 11.4 Å². The third-order valence-corrected chi connectivity index (χ3v) is 4.82. The van der Waals surface area contributed by atoms with E-state index in [1.807, 2.05) is 0 Å². The number of hydrogen-bond acceptors (Lipinski definition) is 3. The van der Waals surface area contributed by atoms with Crippen molar-refractivity contribution in [1.82, 2.24) is 0 Å². The van der Waals surface area contributed by atoms with Gasteiger partial charge in [0.2, 0.25) is 23.8 Å². The first-order chi connectivity index (χ1) is 18.0. The predicted octanol–water partition coefficient (Wildman–Crippen LogP) is 3.02. The molecule has 0 aliphatic carbocycles. The third kappa shape index (κ3) is 17.1. The minimum absolute atomic E-state index is 0.124. The Morgan fingerprint density at radius 1 is 0.684 bits per heavy atom. The van der Waals surface area contributed by atoms with Crippen molar-refractivity contribution in [3.05, 3.63) is 58.6 Å². The van der Waals surface area contributed by atoms with Gasteiger partial charge in [0.05, 0.1) is 0 Å². The number of nitrogens with zero attached hydrogens (tertiary/aromatic N) is 4. The van der Waals surface area contributed by atoms with E-state index in [9.17, 15) is 0 Å². The second kappa shape index (κ2) is 18.8. The Balaban J connectivity index is 0.00000168. The number of unbranched alkanes of at least 4 members (excludes halogenated alkanes) is 3. The summed E-state index contributed by atoms with van der Waals surface area (Å²) in [6.07, 6.45) is 3.68. The third-order valence-electron chi connectivity index (χ3n) is 4.32. The second-order valence-corrected chi connectivity index (χ2v) is 8.72. The van der Waals surface area contributed by atoms with E-state index in [-0.39, 0.29) is 23.8 Å². The van der Waals surface area contributed by atoms with Crippen molar-refractivity contribution in [3.63, 3.8) is 0 Å². The van der Waals surface area contributed by atoms with Crippen LogP contribution in [0.3, 0.4) is 0 Å². The predicted molar refractivity (Wildman–Crippen MR) is 158 cm³/mol. The summed E-state index contributed by atoms with van der Waals surface area (Å²) in [6.45, 7) is 1.12. The first kappa shape index (κ1) is 32.6. The summed E-state index contributed by atoms with van der Waals surface area (Å²) in [6, 6.07) is 14.1. The maximum Gasteiger partial charge on any atom is 0.299 e. The van der Waals surface area contributed by atoms with E-state index in [0.29, 0.717) is 23.1 Å². The molecule has 0 saturated carbocycles. The highest BCUT2D eigenvalue weighted by Crippen LogP contribution is 2.13. The van der Waals surface area contributed by atoms with Crippen molar-refractivity contribution in [2.75, 3.05) is 23.7 Å². The van der Waals surface area contributed by atoms with Crippen LogP contribution in [0.15, 0.2) is 68.5 Å². The highest BCUT2D eigenvalue weighted by atomic mass is 35.5. The van der Waals surface area contributed by atoms with Crippen LogP contribution in [0.2, 0.25) is 10.0 Å². The molecule has 0 atom stereocenters. The Morgan fingerprint density at radius 3 is 1.32 bits per heavy atom. The summed E-state index contributed by atoms with van der Waals surface area (Å²) < 4.78 is 22.8. The van der Waals surface area contributed by atoms with Gasteiger partial charge in [0, 0.05) is 34.5 Å². The van der Waals surface area contributed by atoms with Crippen LogP contribution in [0.1, 0.15) is 25.7 Å². The van der Waals surface area contributed by atoms with Gasteiger partial charge in [-0.3, -0.25) is 19.1 Å². The van der Waals surface area contributed by atoms with E-state index in [0.717, 1.165) is 37.1 Å². The molecule has 0 aliphatic heterocycles. The molecule has 0 unspecified atom stereocenters. The van der Waals surface area contributed by atoms with Crippen molar-refractivity contribution in [2.24, 2.45) is 42.9 Å². The van der Waals surface area contributed by atoms with Gasteiger partial charge in [-0.1, -0.05) is 36.0 Å². The average molecular weight is 588 g/mol. The summed E-state index contributed by atoms with van der Waals surface area (Å²) in [5.41, 5.74) is 24.8. The van der Waals surface area contributed by atoms with Crippen molar-refractivity contribution in [3.8, 4) is 0 Å². The van der Waals surface area contributed by atoms with Crippen LogP contribution in [-0.2, 0) is 11.4 Å². The summed E-state index contributed by atoms with van der Waals surface area (Å²) in [5, 5.41) is 7.11. The topological polar surface area (TPSA) is 235 Å². The van der Waals surface area contributed by atoms with Gasteiger partial charge in [-0.25, -0.2) is 0 Å². The van der Waals surface area contributed by atoms with Crippen molar-refractivity contribution in [2.45, 2.75) is 25.7 Å². The zero-order chi connectivity index (χ0) is 28.3. The molecule has 208 valence electrons. The standard InChI is InChI=1S/C22H30Cl2N10.H2O3S/c23-15-5-9-17(10-6-15)31-21(27)33-19(25)29-13-3-1-2-4-14-30-20(26)34-22(28)32-18-11-7-16(24)8-12-18;1-4(2)3/h5-12H,1-4,13-14H2,(H5,25,27,29,31,33)(H5,26,28,30,32,34);(H2,1,2,3). The normalized spacial score (nSPS) is 12.7. The lowest BCUT2D eigenvalue weighted by Crippen LogP contribution is -2.26. The molecule has 2 aromatic carbocycles. The van der Waals surface area contributed by atoms with Crippen LogP contribution in [0.25, 0.3) is 0 Å². The van der Waals surface area contributed by atoms with Crippen LogP contribution >= 0.6 is 23.2 Å². The Bertz CT molecular complexity index is 1040. The van der Waals surface area contributed by atoms with Crippen molar-refractivity contribution in [1.29, 1.82) is 0 Å². The smallest absolute Gasteiger partial charge is 0.299 e. The fraction of sp³-hybridized carbons (Fsp3) is 0.273. The Hall–Kier alpha value is -3.43. The highest BCUT2D eigenvalue weighted by molar-refractivity contribution is 7.73. The van der Waals surface area contributed by atoms with Gasteiger partial charge in [-0.15, -0.1) is 0 Å². The van der Waals surface area contributed by atoms with Crippen molar-refractivity contribution < 1.29 is 13.3 Å². The molecule has 0 amide bonds. The van der Waals surface area contributed by atoms with Gasteiger partial charge in [0.25, 0.3) is 11.4 Å². The molecule has 2 aromatic rings. The maximum atomic E-state index is 8.67. The number of nitrogens with two attached hydrogens (primary N) is 4. The second-order valence-electron chi connectivity index (χ2n) is 7.38. The lowest BCUT2D eigenvalue weighted by molar-refractivity contribution is 0.454. The van der Waals surface area contributed by atoms with Gasteiger partial charge < -0.3 is 33.6 Å². The Kier molecular flexibility index (Phi) is 16.1. The number of nitrogens with one attached hydrogen (secondary N) is 2. The Morgan fingerprint density at radius 2 is 1.00 bits per heavy atom. The number of halogens is 2. The summed E-state index contributed by atoms with van der Waals surface area (Å²) >= 11 is 9.09. The SMILES string of the molecule is NC(=NCCCCCCN=C(N)N=C(N)Nc1ccc(Cl)cc1)N=C(N)Nc1ccc(Cl)cc1.O=S(O)O. The minimum atomic E-state index is -2.61. The van der Waals surface area contributed by atoms with Crippen molar-refractivity contribution >= 4 is 69.8 Å². The lowest BCUT2D eigenvalue weighted by Gasteiger charge is -2.05. The number of rotatable bonds is 9. The fourth-order valence-corrected chi connectivity index (χ4v) is 2.95. The first-order valence-corrected chi connectivity index (χ1v) is 13.0. The number of benzene rings is 2. The molecule has 0 aromatic heterocycles. The molecule has 38 heavy (non-hydrogen) atoms. The van der Waals surface area contributed by atoms with Crippen LogP contribution < -0.4 is 33.6 Å². The van der Waals surface area contributed by atoms with Gasteiger partial charge in [-0.2, -0.15) is 14.2 Å². The summed E-state index contributed by atoms with van der Waals surface area (Å²) in [4.78, 5) is 16.5. The van der Waals surface area contributed by atoms with Gasteiger partial charge >= 0.3 is 0 Å². The maximum absolute atomic E-state index is 8.67. The van der Waals surface area contributed by atoms with E-state index in [1.54, 1.807) is 48.5 Å². The van der Waals surface area contributed by atoms with E-state index in [1.165, 1.54) is 0 Å². The molecule has 0 fully saturated rings. The quantitative estimate of drug-likeness (QED) is 0.0930. The zero-order valence-corrected chi connectivity index (χ0v) is 22.8. The van der Waals surface area contributed by atoms with Crippen LogP contribution in [0.4, 0.5) is 11.4 Å². The van der Waals surface area contributed by atoms with Gasteiger partial charge in [0.1, 0.15) is 0 Å². The molecule has 16 heteroatoms. The fourth-order valence-electron chi connectivity index (χ4n) is 2.70. The van der Waals surface area contributed by atoms with Crippen LogP contribution in [-0.4, -0.2) is 50.2 Å². The summed E-state index contributed by atoms with van der Waals surface area (Å²) in [7, 11) is 0. The molecular weight excluding hydrogens is 555 g/mol. The molecule has 0 spiro atoms. The molecule has 13 nitrogen and oxygen atoms in total. The Labute approximate surface area is 233 Å². The number of aliphatic imine (C=N–C) groups is 4. The van der Waals surface area contributed by atoms with E-state index in [2.05, 4.69) is 30.6 Å². The number of anilines is 2. The van der Waals surface area contributed by atoms with Crippen LogP contribution in [0, 0.1) is 0 Å². The average Bonchev–Trinajstić information content (AvgIpc) is 2.83. The molecule has 0 bridgehead atoms. The summed E-state index contributed by atoms with van der Waals surface area (Å²) in [5.74, 6) is 0.564. The minimum Gasteiger partial charge on any atom is -0.369 e. The molecule has 2 rings (SSSR count). The molecule has 0 radical (unpaired) electrons. The largest absolute Gasteiger partial charge is 0.369 e. The lowest BCUT2D eigenvalue weighted by atomic mass is 10.2. The number of guanidine groups is 4. The molecule has 0 saturated heterocycles. The highest BCUT2D eigenvalue weighted by Gasteiger charge is 1.99. The first-order valence-electron chi connectivity index (χ1n) is 11.2.